The van der Waals surface area contributed by atoms with Gasteiger partial charge >= 0.3 is 0 Å². The van der Waals surface area contributed by atoms with Gasteiger partial charge in [-0.25, -0.2) is 19.8 Å². The second kappa shape index (κ2) is 15.1. The molecule has 0 N–H and O–H groups in total. The predicted molar refractivity (Wildman–Crippen MR) is 256 cm³/mol. The lowest BCUT2D eigenvalue weighted by molar-refractivity contribution is 1.07. The van der Waals surface area contributed by atoms with E-state index >= 15 is 0 Å². The highest BCUT2D eigenvalue weighted by Crippen LogP contribution is 2.50. The van der Waals surface area contributed by atoms with Gasteiger partial charge in [-0.1, -0.05) is 199 Å². The molecule has 0 aliphatic heterocycles. The van der Waals surface area contributed by atoms with Crippen molar-refractivity contribution in [2.45, 2.75) is 13.8 Å². The summed E-state index contributed by atoms with van der Waals surface area (Å²) in [5.41, 5.74) is 19.5. The van der Waals surface area contributed by atoms with Crippen LogP contribution in [0.15, 0.2) is 194 Å². The van der Waals surface area contributed by atoms with Crippen molar-refractivity contribution < 1.29 is 0 Å². The fourth-order valence-electron chi connectivity index (χ4n) is 8.89. The molecule has 0 amide bonds. The van der Waals surface area contributed by atoms with Gasteiger partial charge in [0.2, 0.25) is 0 Å². The molecule has 290 valence electrons. The Labute approximate surface area is 361 Å². The standard InChI is InChI=1S/C58H38N4/c1-36-18-22-39(23-19-36)56-60-57(40-24-20-37(2)21-25-40)62-58(61-56)41-28-26-38(27-29-41)42-10-8-11-43(34-42)53-35-44(30-33-54(53)59-3)45-12-4-5-13-46(45)49-31-32-52-48-15-7-6-14-47(48)50-16-9-17-51(49)55(50)52/h4-35H,1-2H3. The second-order valence-electron chi connectivity index (χ2n) is 16.0. The summed E-state index contributed by atoms with van der Waals surface area (Å²) in [5.74, 6) is 1.89. The third-order valence-electron chi connectivity index (χ3n) is 12.1. The molecule has 0 unspecified atom stereocenters. The fourth-order valence-corrected chi connectivity index (χ4v) is 8.89. The minimum atomic E-state index is 0.616. The van der Waals surface area contributed by atoms with E-state index in [1.54, 1.807) is 0 Å². The minimum absolute atomic E-state index is 0.616. The van der Waals surface area contributed by atoms with Crippen LogP contribution in [-0.4, -0.2) is 15.0 Å². The average Bonchev–Trinajstić information content (AvgIpc) is 3.66. The Morgan fingerprint density at radius 3 is 1.35 bits per heavy atom. The molecule has 1 heterocycles. The van der Waals surface area contributed by atoms with Gasteiger partial charge in [0.1, 0.15) is 0 Å². The average molecular weight is 791 g/mol. The van der Waals surface area contributed by atoms with Gasteiger partial charge in [-0.15, -0.1) is 0 Å². The number of nitrogens with zero attached hydrogens (tertiary/aromatic N) is 4. The SMILES string of the molecule is [C-]#[N+]c1ccc(-c2ccccc2-c2ccc3c4c(cccc24)-c2ccccc2-3)cc1-c1cccc(-c2ccc(-c3nc(-c4ccc(C)cc4)nc(-c4ccc(C)cc4)n3)cc2)c1. The van der Waals surface area contributed by atoms with Crippen molar-refractivity contribution in [2.75, 3.05) is 0 Å². The Balaban J connectivity index is 0.947. The number of hydrogen-bond acceptors (Lipinski definition) is 3. The van der Waals surface area contributed by atoms with E-state index in [-0.39, 0.29) is 0 Å². The van der Waals surface area contributed by atoms with Crippen LogP contribution in [0.25, 0.3) is 117 Å². The highest BCUT2D eigenvalue weighted by molar-refractivity contribution is 6.19. The molecule has 0 fully saturated rings. The summed E-state index contributed by atoms with van der Waals surface area (Å²) in [7, 11) is 0. The molecule has 11 rings (SSSR count). The van der Waals surface area contributed by atoms with Gasteiger partial charge in [-0.2, -0.15) is 0 Å². The first-order chi connectivity index (χ1) is 30.5. The van der Waals surface area contributed by atoms with Crippen LogP contribution in [0.2, 0.25) is 0 Å². The lowest BCUT2D eigenvalue weighted by Gasteiger charge is -2.16. The molecule has 0 saturated carbocycles. The molecule has 1 aromatic heterocycles. The van der Waals surface area contributed by atoms with Crippen LogP contribution in [0.1, 0.15) is 11.1 Å². The minimum Gasteiger partial charge on any atom is -0.238 e. The maximum Gasteiger partial charge on any atom is 0.194 e. The van der Waals surface area contributed by atoms with Crippen molar-refractivity contribution in [3.8, 4) is 101 Å². The van der Waals surface area contributed by atoms with E-state index in [0.717, 1.165) is 55.6 Å². The first-order valence-corrected chi connectivity index (χ1v) is 20.9. The molecular weight excluding hydrogens is 753 g/mol. The maximum absolute atomic E-state index is 8.17. The van der Waals surface area contributed by atoms with E-state index < -0.39 is 0 Å². The van der Waals surface area contributed by atoms with E-state index in [0.29, 0.717) is 23.2 Å². The van der Waals surface area contributed by atoms with E-state index in [1.807, 2.05) is 6.07 Å². The summed E-state index contributed by atoms with van der Waals surface area (Å²) in [6, 6.07) is 68.2. The monoisotopic (exact) mass is 790 g/mol. The molecule has 62 heavy (non-hydrogen) atoms. The van der Waals surface area contributed by atoms with E-state index in [4.69, 9.17) is 21.5 Å². The number of aromatic nitrogens is 3. The first kappa shape index (κ1) is 36.8. The molecule has 0 bridgehead atoms. The van der Waals surface area contributed by atoms with Gasteiger partial charge in [-0.05, 0) is 97.4 Å². The summed E-state index contributed by atoms with van der Waals surface area (Å²) in [6.45, 7) is 12.3. The van der Waals surface area contributed by atoms with Gasteiger partial charge in [0.05, 0.1) is 6.57 Å². The summed E-state index contributed by atoms with van der Waals surface area (Å²) in [5, 5.41) is 2.55. The Bertz CT molecular complexity index is 3320. The molecule has 10 aromatic rings. The first-order valence-electron chi connectivity index (χ1n) is 20.9. The van der Waals surface area contributed by atoms with Crippen LogP contribution < -0.4 is 0 Å². The van der Waals surface area contributed by atoms with Gasteiger partial charge in [0.15, 0.2) is 23.2 Å². The van der Waals surface area contributed by atoms with Crippen molar-refractivity contribution in [3.05, 3.63) is 217 Å². The number of hydrogen-bond donors (Lipinski definition) is 0. The van der Waals surface area contributed by atoms with Crippen molar-refractivity contribution in [1.29, 1.82) is 0 Å². The Morgan fingerprint density at radius 2 is 0.758 bits per heavy atom. The highest BCUT2D eigenvalue weighted by Gasteiger charge is 2.23. The quantitative estimate of drug-likeness (QED) is 0.151. The molecule has 1 aliphatic carbocycles. The van der Waals surface area contributed by atoms with Crippen molar-refractivity contribution >= 4 is 16.5 Å². The zero-order valence-electron chi connectivity index (χ0n) is 34.3. The van der Waals surface area contributed by atoms with Crippen LogP contribution >= 0.6 is 0 Å². The van der Waals surface area contributed by atoms with Crippen molar-refractivity contribution in [3.63, 3.8) is 0 Å². The van der Waals surface area contributed by atoms with E-state index in [1.165, 1.54) is 49.7 Å². The Morgan fingerprint density at radius 1 is 0.323 bits per heavy atom. The lowest BCUT2D eigenvalue weighted by atomic mass is 9.88. The number of benzene rings is 9. The van der Waals surface area contributed by atoms with Crippen LogP contribution in [0.5, 0.6) is 0 Å². The normalized spacial score (nSPS) is 11.4. The summed E-state index contributed by atoms with van der Waals surface area (Å²) in [6.07, 6.45) is 0. The largest absolute Gasteiger partial charge is 0.238 e. The molecule has 0 spiro atoms. The molecule has 0 atom stereocenters. The lowest BCUT2D eigenvalue weighted by Crippen LogP contribution is -2.00. The number of fused-ring (bicyclic) bond motifs is 3. The van der Waals surface area contributed by atoms with Gasteiger partial charge < -0.3 is 0 Å². The van der Waals surface area contributed by atoms with Crippen LogP contribution in [-0.2, 0) is 0 Å². The molecule has 4 heteroatoms. The Hall–Kier alpha value is -8.26. The second-order valence-corrected chi connectivity index (χ2v) is 16.0. The molecule has 0 radical (unpaired) electrons. The van der Waals surface area contributed by atoms with Crippen LogP contribution in [0.4, 0.5) is 5.69 Å². The van der Waals surface area contributed by atoms with Gasteiger partial charge in [-0.3, -0.25) is 0 Å². The Kier molecular flexibility index (Phi) is 8.95. The molecule has 9 aromatic carbocycles. The van der Waals surface area contributed by atoms with Gasteiger partial charge in [0, 0.05) is 16.7 Å². The maximum atomic E-state index is 8.17. The molecule has 0 saturated heterocycles. The topological polar surface area (TPSA) is 43.0 Å². The zero-order valence-corrected chi connectivity index (χ0v) is 34.3. The van der Waals surface area contributed by atoms with Crippen molar-refractivity contribution in [2.24, 2.45) is 0 Å². The smallest absolute Gasteiger partial charge is 0.194 e. The van der Waals surface area contributed by atoms with Crippen LogP contribution in [0.3, 0.4) is 0 Å². The number of rotatable bonds is 7. The third kappa shape index (κ3) is 6.45. The van der Waals surface area contributed by atoms with E-state index in [2.05, 4.69) is 207 Å². The fraction of sp³-hybridized carbons (Fsp3) is 0.0345. The zero-order chi connectivity index (χ0) is 41.7. The van der Waals surface area contributed by atoms with Crippen molar-refractivity contribution in [1.82, 2.24) is 15.0 Å². The number of aryl methyl sites for hydroxylation is 2. The third-order valence-corrected chi connectivity index (χ3v) is 12.1. The molecule has 4 nitrogen and oxygen atoms in total. The van der Waals surface area contributed by atoms with Crippen LogP contribution in [0, 0.1) is 20.4 Å². The predicted octanol–water partition coefficient (Wildman–Crippen LogP) is 15.5. The summed E-state index contributed by atoms with van der Waals surface area (Å²) < 4.78 is 0. The molecular formula is C58H38N4. The van der Waals surface area contributed by atoms with Gasteiger partial charge in [0.25, 0.3) is 0 Å². The highest BCUT2D eigenvalue weighted by atomic mass is 15.0. The summed E-state index contributed by atoms with van der Waals surface area (Å²) >= 11 is 0. The summed E-state index contributed by atoms with van der Waals surface area (Å²) in [4.78, 5) is 18.8. The van der Waals surface area contributed by atoms with E-state index in [9.17, 15) is 0 Å². The molecule has 1 aliphatic rings.